The van der Waals surface area contributed by atoms with Gasteiger partial charge in [0.15, 0.2) is 11.5 Å². The number of carbonyl (C=O) groups excluding carboxylic acids is 1. The molecule has 0 aliphatic heterocycles. The molecule has 0 spiro atoms. The Kier molecular flexibility index (Phi) is 5.00. The molecule has 0 saturated heterocycles. The summed E-state index contributed by atoms with van der Waals surface area (Å²) in [5.41, 5.74) is 0.679. The predicted molar refractivity (Wildman–Crippen MR) is 89.2 cm³/mol. The normalized spacial score (nSPS) is 11.1. The number of nitrogens with one attached hydrogen (secondary N) is 1. The van der Waals surface area contributed by atoms with Gasteiger partial charge in [0.1, 0.15) is 0 Å². The molecule has 6 nitrogen and oxygen atoms in total. The van der Waals surface area contributed by atoms with E-state index in [-0.39, 0.29) is 11.5 Å². The molecule has 25 heavy (non-hydrogen) atoms. The molecule has 0 radical (unpaired) electrons. The number of anilines is 1. The van der Waals surface area contributed by atoms with E-state index < -0.39 is 12.5 Å². The van der Waals surface area contributed by atoms with Crippen molar-refractivity contribution in [3.63, 3.8) is 0 Å². The molecule has 3 aromatic rings. The second-order valence-electron chi connectivity index (χ2n) is 5.05. The Morgan fingerprint density at radius 2 is 1.96 bits per heavy atom. The maximum atomic E-state index is 12.5. The van der Waals surface area contributed by atoms with E-state index in [1.165, 1.54) is 6.07 Å². The summed E-state index contributed by atoms with van der Waals surface area (Å²) in [5, 5.41) is 11.2. The van der Waals surface area contributed by atoms with E-state index in [0.29, 0.717) is 21.3 Å². The van der Waals surface area contributed by atoms with Crippen LogP contribution in [0.25, 0.3) is 0 Å². The molecule has 2 aromatic heterocycles. The third-order valence-corrected chi connectivity index (χ3v) is 3.86. The van der Waals surface area contributed by atoms with E-state index in [4.69, 9.17) is 23.2 Å². The second kappa shape index (κ2) is 7.20. The van der Waals surface area contributed by atoms with Gasteiger partial charge in [0, 0.05) is 28.5 Å². The van der Waals surface area contributed by atoms with Crippen LogP contribution in [0.1, 0.15) is 22.6 Å². The van der Waals surface area contributed by atoms with E-state index in [9.17, 15) is 13.6 Å². The smallest absolute Gasteiger partial charge is 0.304 e. The summed E-state index contributed by atoms with van der Waals surface area (Å²) in [7, 11) is 0. The summed E-state index contributed by atoms with van der Waals surface area (Å²) in [4.78, 5) is 12.0. The van der Waals surface area contributed by atoms with Crippen molar-refractivity contribution in [3.8, 4) is 0 Å². The van der Waals surface area contributed by atoms with Crippen molar-refractivity contribution in [2.24, 2.45) is 0 Å². The molecule has 0 unspecified atom stereocenters. The summed E-state index contributed by atoms with van der Waals surface area (Å²) in [6, 6.07) is 7.90. The molecular formula is C15H11Cl2F2N5O. The molecule has 3 rings (SSSR count). The lowest BCUT2D eigenvalue weighted by Gasteiger charge is -2.05. The molecule has 0 bridgehead atoms. The molecule has 10 heteroatoms. The second-order valence-corrected chi connectivity index (χ2v) is 5.89. The monoisotopic (exact) mass is 385 g/mol. The number of nitrogens with zero attached hydrogens (tertiary/aromatic N) is 4. The van der Waals surface area contributed by atoms with E-state index in [2.05, 4.69) is 15.5 Å². The number of carbonyl (C=O) groups is 1. The van der Waals surface area contributed by atoms with Crippen molar-refractivity contribution in [1.29, 1.82) is 0 Å². The summed E-state index contributed by atoms with van der Waals surface area (Å²) in [6.45, 7) is -2.42. The first kappa shape index (κ1) is 17.4. The highest BCUT2D eigenvalue weighted by atomic mass is 35.5. The van der Waals surface area contributed by atoms with Gasteiger partial charge in [-0.15, -0.1) is 0 Å². The van der Waals surface area contributed by atoms with Crippen LogP contribution in [0.15, 0.2) is 42.7 Å². The molecule has 1 aromatic carbocycles. The minimum absolute atomic E-state index is 0.129. The van der Waals surface area contributed by atoms with Crippen LogP contribution >= 0.6 is 23.2 Å². The fraction of sp³-hybridized carbons (Fsp3) is 0.133. The largest absolute Gasteiger partial charge is 0.333 e. The lowest BCUT2D eigenvalue weighted by atomic mass is 10.2. The van der Waals surface area contributed by atoms with Gasteiger partial charge in [-0.1, -0.05) is 29.3 Å². The molecule has 1 N–H and O–H groups in total. The lowest BCUT2D eigenvalue weighted by Crippen LogP contribution is -2.14. The van der Waals surface area contributed by atoms with E-state index >= 15 is 0 Å². The highest BCUT2D eigenvalue weighted by Crippen LogP contribution is 2.22. The van der Waals surface area contributed by atoms with Crippen LogP contribution in [0.3, 0.4) is 0 Å². The topological polar surface area (TPSA) is 64.7 Å². The SMILES string of the molecule is O=C(Nc1ccn(Cc2ccc(Cl)cc2Cl)n1)c1ccn(C(F)F)n1. The number of hydrogen-bond acceptors (Lipinski definition) is 3. The van der Waals surface area contributed by atoms with Crippen LogP contribution in [0.4, 0.5) is 14.6 Å². The van der Waals surface area contributed by atoms with E-state index in [1.807, 2.05) is 0 Å². The lowest BCUT2D eigenvalue weighted by molar-refractivity contribution is 0.0561. The number of alkyl halides is 2. The van der Waals surface area contributed by atoms with Crippen molar-refractivity contribution in [2.75, 3.05) is 5.32 Å². The van der Waals surface area contributed by atoms with E-state index in [1.54, 1.807) is 35.1 Å². The highest BCUT2D eigenvalue weighted by Gasteiger charge is 2.14. The van der Waals surface area contributed by atoms with Crippen molar-refractivity contribution < 1.29 is 13.6 Å². The standard InChI is InChI=1S/C15H11Cl2F2N5O/c16-10-2-1-9(11(17)7-10)8-23-5-4-13(22-23)20-14(25)12-3-6-24(21-12)15(18)19/h1-7,15H,8H2,(H,20,22,25). The van der Waals surface area contributed by atoms with Gasteiger partial charge in [-0.3, -0.25) is 9.48 Å². The number of halogens is 4. The number of hydrogen-bond donors (Lipinski definition) is 1. The highest BCUT2D eigenvalue weighted by molar-refractivity contribution is 6.35. The number of benzene rings is 1. The Morgan fingerprint density at radius 3 is 2.64 bits per heavy atom. The zero-order valence-electron chi connectivity index (χ0n) is 12.5. The Labute approximate surface area is 151 Å². The number of aromatic nitrogens is 4. The molecule has 130 valence electrons. The molecule has 0 aliphatic carbocycles. The Hall–Kier alpha value is -2.45. The van der Waals surface area contributed by atoms with Gasteiger partial charge in [0.25, 0.3) is 5.91 Å². The summed E-state index contributed by atoms with van der Waals surface area (Å²) in [6.07, 6.45) is 2.68. The average molecular weight is 386 g/mol. The maximum Gasteiger partial charge on any atom is 0.333 e. The van der Waals surface area contributed by atoms with Gasteiger partial charge in [-0.05, 0) is 23.8 Å². The van der Waals surface area contributed by atoms with Crippen molar-refractivity contribution in [2.45, 2.75) is 13.1 Å². The number of rotatable bonds is 5. The minimum atomic E-state index is -2.80. The fourth-order valence-electron chi connectivity index (χ4n) is 2.09. The van der Waals surface area contributed by atoms with Crippen LogP contribution in [-0.4, -0.2) is 25.5 Å². The van der Waals surface area contributed by atoms with Crippen LogP contribution in [-0.2, 0) is 6.54 Å². The zero-order valence-corrected chi connectivity index (χ0v) is 14.0. The van der Waals surface area contributed by atoms with E-state index in [0.717, 1.165) is 11.8 Å². The summed E-state index contributed by atoms with van der Waals surface area (Å²) < 4.78 is 26.9. The average Bonchev–Trinajstić information content (AvgIpc) is 3.19. The van der Waals surface area contributed by atoms with Crippen molar-refractivity contribution in [3.05, 3.63) is 64.0 Å². The van der Waals surface area contributed by atoms with Gasteiger partial charge in [-0.2, -0.15) is 19.0 Å². The van der Waals surface area contributed by atoms with Crippen LogP contribution in [0, 0.1) is 0 Å². The van der Waals surface area contributed by atoms with Gasteiger partial charge in [0.05, 0.1) is 6.54 Å². The Bertz CT molecular complexity index is 909. The van der Waals surface area contributed by atoms with Crippen LogP contribution < -0.4 is 5.32 Å². The Balaban J connectivity index is 1.67. The van der Waals surface area contributed by atoms with Crippen molar-refractivity contribution >= 4 is 34.9 Å². The summed E-state index contributed by atoms with van der Waals surface area (Å²) in [5.74, 6) is -0.365. The molecule has 0 saturated carbocycles. The zero-order chi connectivity index (χ0) is 18.0. The van der Waals surface area contributed by atoms with Crippen LogP contribution in [0.2, 0.25) is 10.0 Å². The first-order chi connectivity index (χ1) is 11.9. The van der Waals surface area contributed by atoms with Crippen molar-refractivity contribution in [1.82, 2.24) is 19.6 Å². The van der Waals surface area contributed by atoms with Gasteiger partial charge in [0.2, 0.25) is 0 Å². The summed E-state index contributed by atoms with van der Waals surface area (Å²) >= 11 is 12.0. The first-order valence-corrected chi connectivity index (χ1v) is 7.80. The fourth-order valence-corrected chi connectivity index (χ4v) is 2.56. The molecule has 0 fully saturated rings. The predicted octanol–water partition coefficient (Wildman–Crippen LogP) is 4.08. The molecule has 2 heterocycles. The minimum Gasteiger partial charge on any atom is -0.304 e. The van der Waals surface area contributed by atoms with Gasteiger partial charge < -0.3 is 5.32 Å². The maximum absolute atomic E-state index is 12.5. The first-order valence-electron chi connectivity index (χ1n) is 7.04. The van der Waals surface area contributed by atoms with Gasteiger partial charge in [-0.25, -0.2) is 4.68 Å². The quantitative estimate of drug-likeness (QED) is 0.719. The molecule has 0 aliphatic rings. The third kappa shape index (κ3) is 4.15. The third-order valence-electron chi connectivity index (χ3n) is 3.27. The molecule has 0 atom stereocenters. The van der Waals surface area contributed by atoms with Crippen LogP contribution in [0.5, 0.6) is 0 Å². The molecule has 1 amide bonds. The van der Waals surface area contributed by atoms with Gasteiger partial charge >= 0.3 is 6.55 Å². The number of amides is 1. The molecular weight excluding hydrogens is 375 g/mol. The Morgan fingerprint density at radius 1 is 1.16 bits per heavy atom.